The van der Waals surface area contributed by atoms with Crippen LogP contribution < -0.4 is 11.1 Å². The Morgan fingerprint density at radius 2 is 1.74 bits per heavy atom. The minimum absolute atomic E-state index is 0.130. The number of aliphatic carboxylic acids is 1. The second-order valence-corrected chi connectivity index (χ2v) is 11.6. The van der Waals surface area contributed by atoms with Crippen LogP contribution in [0.25, 0.3) is 11.1 Å². The SMILES string of the molecule is CCCCc1nc(CCC2CCC(NC(=O)CCC(N)C(=O)O)CC2)nn1Cc1ccc(-c2ccccc2C(=O)O)cc1. The maximum atomic E-state index is 12.2. The maximum absolute atomic E-state index is 12.2. The molecule has 10 nitrogen and oxygen atoms in total. The molecule has 1 aromatic heterocycles. The van der Waals surface area contributed by atoms with Gasteiger partial charge in [-0.05, 0) is 73.6 Å². The lowest BCUT2D eigenvalue weighted by molar-refractivity contribution is -0.138. The van der Waals surface area contributed by atoms with E-state index in [0.717, 1.165) is 80.6 Å². The van der Waals surface area contributed by atoms with Crippen molar-refractivity contribution in [1.29, 1.82) is 0 Å². The van der Waals surface area contributed by atoms with E-state index in [1.165, 1.54) is 0 Å². The summed E-state index contributed by atoms with van der Waals surface area (Å²) in [6.07, 6.45) is 8.96. The molecule has 10 heteroatoms. The number of rotatable bonds is 15. The number of nitrogens with one attached hydrogen (secondary N) is 1. The van der Waals surface area contributed by atoms with Crippen molar-refractivity contribution in [1.82, 2.24) is 20.1 Å². The van der Waals surface area contributed by atoms with Crippen LogP contribution in [0.3, 0.4) is 0 Å². The number of benzene rings is 2. The van der Waals surface area contributed by atoms with E-state index >= 15 is 0 Å². The molecule has 0 radical (unpaired) electrons. The van der Waals surface area contributed by atoms with E-state index in [4.69, 9.17) is 20.9 Å². The normalized spacial score (nSPS) is 17.3. The number of carboxylic acid groups (broad SMARTS) is 2. The Hall–Kier alpha value is -4.05. The highest BCUT2D eigenvalue weighted by Gasteiger charge is 2.24. The molecule has 0 bridgehead atoms. The molecule has 0 spiro atoms. The summed E-state index contributed by atoms with van der Waals surface area (Å²) in [7, 11) is 0. The first-order chi connectivity index (χ1) is 20.7. The van der Waals surface area contributed by atoms with Gasteiger partial charge in [0, 0.05) is 25.3 Å². The van der Waals surface area contributed by atoms with Crippen LogP contribution >= 0.6 is 0 Å². The predicted octanol–water partition coefficient (Wildman–Crippen LogP) is 4.83. The lowest BCUT2D eigenvalue weighted by Crippen LogP contribution is -2.39. The molecule has 0 saturated heterocycles. The van der Waals surface area contributed by atoms with Crippen molar-refractivity contribution in [3.8, 4) is 11.1 Å². The van der Waals surface area contributed by atoms with Crippen molar-refractivity contribution in [2.45, 2.75) is 96.2 Å². The molecular formula is C33H43N5O5. The molecule has 1 aliphatic rings. The molecule has 1 aliphatic carbocycles. The summed E-state index contributed by atoms with van der Waals surface area (Å²) in [6, 6.07) is 14.1. The average Bonchev–Trinajstić information content (AvgIpc) is 3.39. The van der Waals surface area contributed by atoms with Crippen LogP contribution in [0.15, 0.2) is 48.5 Å². The van der Waals surface area contributed by atoms with E-state index in [2.05, 4.69) is 12.2 Å². The van der Waals surface area contributed by atoms with Crippen molar-refractivity contribution < 1.29 is 24.6 Å². The molecule has 43 heavy (non-hydrogen) atoms. The third-order valence-electron chi connectivity index (χ3n) is 8.29. The van der Waals surface area contributed by atoms with Gasteiger partial charge in [0.05, 0.1) is 12.1 Å². The Morgan fingerprint density at radius 3 is 2.42 bits per heavy atom. The van der Waals surface area contributed by atoms with Crippen molar-refractivity contribution in [2.24, 2.45) is 11.7 Å². The predicted molar refractivity (Wildman–Crippen MR) is 164 cm³/mol. The van der Waals surface area contributed by atoms with Crippen molar-refractivity contribution in [2.75, 3.05) is 0 Å². The minimum atomic E-state index is -1.08. The zero-order chi connectivity index (χ0) is 30.8. The number of aryl methyl sites for hydroxylation is 2. The molecule has 1 atom stereocenters. The van der Waals surface area contributed by atoms with Crippen LogP contribution in [0.1, 0.15) is 92.3 Å². The van der Waals surface area contributed by atoms with E-state index in [1.807, 2.05) is 41.1 Å². The number of aromatic carboxylic acids is 1. The number of carbonyl (C=O) groups excluding carboxylic acids is 1. The van der Waals surface area contributed by atoms with Gasteiger partial charge in [-0.1, -0.05) is 55.8 Å². The minimum Gasteiger partial charge on any atom is -0.480 e. The van der Waals surface area contributed by atoms with Crippen LogP contribution in [0.5, 0.6) is 0 Å². The lowest BCUT2D eigenvalue weighted by atomic mass is 9.83. The first-order valence-corrected chi connectivity index (χ1v) is 15.4. The van der Waals surface area contributed by atoms with Gasteiger partial charge in [0.1, 0.15) is 11.9 Å². The smallest absolute Gasteiger partial charge is 0.336 e. The zero-order valence-electron chi connectivity index (χ0n) is 24.9. The van der Waals surface area contributed by atoms with E-state index in [9.17, 15) is 19.5 Å². The number of hydrogen-bond donors (Lipinski definition) is 4. The number of carbonyl (C=O) groups is 3. The molecule has 230 valence electrons. The highest BCUT2D eigenvalue weighted by molar-refractivity contribution is 5.96. The Labute approximate surface area is 252 Å². The van der Waals surface area contributed by atoms with E-state index in [1.54, 1.807) is 12.1 Å². The summed E-state index contributed by atoms with van der Waals surface area (Å²) < 4.78 is 2.01. The number of nitrogens with two attached hydrogens (primary N) is 1. The van der Waals surface area contributed by atoms with Gasteiger partial charge in [-0.2, -0.15) is 5.10 Å². The summed E-state index contributed by atoms with van der Waals surface area (Å²) in [5.41, 5.74) is 8.43. The number of nitrogens with zero attached hydrogens (tertiary/aromatic N) is 3. The highest BCUT2D eigenvalue weighted by Crippen LogP contribution is 2.28. The first kappa shape index (κ1) is 31.9. The van der Waals surface area contributed by atoms with Gasteiger partial charge in [-0.25, -0.2) is 14.5 Å². The van der Waals surface area contributed by atoms with Crippen molar-refractivity contribution >= 4 is 17.8 Å². The van der Waals surface area contributed by atoms with Gasteiger partial charge in [-0.3, -0.25) is 9.59 Å². The first-order valence-electron chi connectivity index (χ1n) is 15.4. The Bertz CT molecular complexity index is 1380. The fourth-order valence-corrected chi connectivity index (χ4v) is 5.70. The molecule has 1 fully saturated rings. The van der Waals surface area contributed by atoms with Gasteiger partial charge < -0.3 is 21.3 Å². The quantitative estimate of drug-likeness (QED) is 0.196. The van der Waals surface area contributed by atoms with Gasteiger partial charge in [0.25, 0.3) is 0 Å². The monoisotopic (exact) mass is 589 g/mol. The van der Waals surface area contributed by atoms with Crippen molar-refractivity contribution in [3.05, 3.63) is 71.3 Å². The number of aromatic nitrogens is 3. The number of amides is 1. The summed E-state index contributed by atoms with van der Waals surface area (Å²) in [6.45, 7) is 2.77. The van der Waals surface area contributed by atoms with Crippen LogP contribution in [0, 0.1) is 5.92 Å². The topological polar surface area (TPSA) is 160 Å². The third-order valence-corrected chi connectivity index (χ3v) is 8.29. The fourth-order valence-electron chi connectivity index (χ4n) is 5.70. The van der Waals surface area contributed by atoms with Gasteiger partial charge in [0.15, 0.2) is 5.82 Å². The maximum Gasteiger partial charge on any atom is 0.336 e. The number of hydrogen-bond acceptors (Lipinski definition) is 6. The molecule has 5 N–H and O–H groups in total. The summed E-state index contributed by atoms with van der Waals surface area (Å²) in [5, 5.41) is 26.3. The Morgan fingerprint density at radius 1 is 1.02 bits per heavy atom. The molecule has 1 heterocycles. The standard InChI is InChI=1S/C33H43N5O5/c1-2-3-8-30-36-29(19-13-22-11-16-25(17-12-22)35-31(39)20-18-28(34)33(42)43)37-38(30)21-23-9-14-24(15-10-23)26-6-4-5-7-27(26)32(40)41/h4-7,9-10,14-15,22,25,28H,2-3,8,11-13,16-21,34H2,1H3,(H,35,39)(H,40,41)(H,42,43). The summed E-state index contributed by atoms with van der Waals surface area (Å²) in [4.78, 5) is 39.6. The van der Waals surface area contributed by atoms with Gasteiger partial charge >= 0.3 is 11.9 Å². The molecule has 1 unspecified atom stereocenters. The fraction of sp³-hybridized carbons (Fsp3) is 0.485. The second-order valence-electron chi connectivity index (χ2n) is 11.6. The van der Waals surface area contributed by atoms with E-state index < -0.39 is 18.0 Å². The van der Waals surface area contributed by atoms with Crippen molar-refractivity contribution in [3.63, 3.8) is 0 Å². The lowest BCUT2D eigenvalue weighted by Gasteiger charge is -2.29. The molecule has 1 saturated carbocycles. The van der Waals surface area contributed by atoms with Crippen LogP contribution in [-0.2, 0) is 29.0 Å². The van der Waals surface area contributed by atoms with E-state index in [-0.39, 0.29) is 30.4 Å². The van der Waals surface area contributed by atoms with Crippen LogP contribution in [0.4, 0.5) is 0 Å². The molecule has 4 rings (SSSR count). The van der Waals surface area contributed by atoms with Crippen LogP contribution in [0.2, 0.25) is 0 Å². The highest BCUT2D eigenvalue weighted by atomic mass is 16.4. The zero-order valence-corrected chi connectivity index (χ0v) is 24.9. The number of carboxylic acids is 2. The molecule has 1 amide bonds. The third kappa shape index (κ3) is 9.22. The van der Waals surface area contributed by atoms with E-state index in [0.29, 0.717) is 18.0 Å². The Kier molecular flexibility index (Phi) is 11.4. The largest absolute Gasteiger partial charge is 0.480 e. The van der Waals surface area contributed by atoms with Crippen LogP contribution in [-0.4, -0.2) is 54.9 Å². The average molecular weight is 590 g/mol. The molecular weight excluding hydrogens is 546 g/mol. The number of unbranched alkanes of at least 4 members (excludes halogenated alkanes) is 1. The Balaban J connectivity index is 1.30. The second kappa shape index (κ2) is 15.4. The van der Waals surface area contributed by atoms with Gasteiger partial charge in [-0.15, -0.1) is 0 Å². The summed E-state index contributed by atoms with van der Waals surface area (Å²) in [5.74, 6) is 0.260. The molecule has 0 aliphatic heterocycles. The molecule has 2 aromatic carbocycles. The van der Waals surface area contributed by atoms with Gasteiger partial charge in [0.2, 0.25) is 5.91 Å². The summed E-state index contributed by atoms with van der Waals surface area (Å²) >= 11 is 0. The molecule has 3 aromatic rings.